The number of aryl methyl sites for hydroxylation is 1. The van der Waals surface area contributed by atoms with Gasteiger partial charge < -0.3 is 20.1 Å². The van der Waals surface area contributed by atoms with Crippen LogP contribution >= 0.6 is 0 Å². The van der Waals surface area contributed by atoms with Gasteiger partial charge in [-0.2, -0.15) is 0 Å². The minimum Gasteiger partial charge on any atom is -0.437 e. The van der Waals surface area contributed by atoms with E-state index in [1.807, 2.05) is 13.0 Å². The maximum absolute atomic E-state index is 11.2. The number of benzene rings is 2. The number of aromatic nitrogens is 2. The van der Waals surface area contributed by atoms with E-state index in [2.05, 4.69) is 58.2 Å². The first-order chi connectivity index (χ1) is 16.0. The Labute approximate surface area is 194 Å². The molecule has 0 saturated carbocycles. The van der Waals surface area contributed by atoms with Crippen LogP contribution in [0.5, 0.6) is 11.6 Å². The molecule has 1 aliphatic heterocycles. The summed E-state index contributed by atoms with van der Waals surface area (Å²) in [5, 5.41) is 0. The SMILES string of the molecule is CCN(Cc1ccc(Oc2cnc(C(N)=O)cn2)c(C)c1)c1ccccc1C1CCOCC1. The lowest BCUT2D eigenvalue weighted by molar-refractivity contribution is 0.0854. The lowest BCUT2D eigenvalue weighted by Gasteiger charge is -2.30. The molecule has 172 valence electrons. The van der Waals surface area contributed by atoms with Crippen molar-refractivity contribution in [3.8, 4) is 11.6 Å². The van der Waals surface area contributed by atoms with Gasteiger partial charge in [-0.25, -0.2) is 9.97 Å². The number of nitrogens with zero attached hydrogens (tertiary/aromatic N) is 3. The standard InChI is InChI=1S/C26H30N4O3/c1-3-30(23-7-5-4-6-21(23)20-10-12-32-13-11-20)17-19-8-9-24(18(2)14-19)33-25-16-28-22(15-29-25)26(27)31/h4-9,14-16,20H,3,10-13,17H2,1-2H3,(H2,27,31). The van der Waals surface area contributed by atoms with Crippen molar-refractivity contribution in [1.29, 1.82) is 0 Å². The molecule has 0 bridgehead atoms. The maximum atomic E-state index is 11.2. The molecule has 2 aromatic carbocycles. The van der Waals surface area contributed by atoms with Crippen molar-refractivity contribution >= 4 is 11.6 Å². The number of carbonyl (C=O) groups excluding carboxylic acids is 1. The lowest BCUT2D eigenvalue weighted by Crippen LogP contribution is -2.25. The summed E-state index contributed by atoms with van der Waals surface area (Å²) in [6.45, 7) is 7.60. The van der Waals surface area contributed by atoms with Crippen LogP contribution in [0.3, 0.4) is 0 Å². The van der Waals surface area contributed by atoms with E-state index in [-0.39, 0.29) is 5.69 Å². The monoisotopic (exact) mass is 446 g/mol. The molecular formula is C26H30N4O3. The highest BCUT2D eigenvalue weighted by Gasteiger charge is 2.21. The van der Waals surface area contributed by atoms with Crippen LogP contribution in [0.4, 0.5) is 5.69 Å². The number of hydrogen-bond donors (Lipinski definition) is 1. The van der Waals surface area contributed by atoms with Crippen LogP contribution in [0.15, 0.2) is 54.9 Å². The Morgan fingerprint density at radius 1 is 1.15 bits per heavy atom. The third-order valence-corrected chi connectivity index (χ3v) is 6.03. The molecule has 1 saturated heterocycles. The second-order valence-electron chi connectivity index (χ2n) is 8.27. The Kier molecular flexibility index (Phi) is 7.19. The molecule has 7 heteroatoms. The molecular weight excluding hydrogens is 416 g/mol. The third kappa shape index (κ3) is 5.49. The predicted octanol–water partition coefficient (Wildman–Crippen LogP) is 4.60. The van der Waals surface area contributed by atoms with Crippen molar-refractivity contribution in [2.24, 2.45) is 5.73 Å². The number of rotatable bonds is 8. The molecule has 1 aliphatic rings. The fraction of sp³-hybridized carbons (Fsp3) is 0.346. The highest BCUT2D eigenvalue weighted by atomic mass is 16.5. The van der Waals surface area contributed by atoms with Gasteiger partial charge in [0.2, 0.25) is 5.88 Å². The average molecular weight is 447 g/mol. The second-order valence-corrected chi connectivity index (χ2v) is 8.27. The van der Waals surface area contributed by atoms with Gasteiger partial charge in [0.15, 0.2) is 0 Å². The molecule has 0 radical (unpaired) electrons. The number of nitrogens with two attached hydrogens (primary N) is 1. The molecule has 2 heterocycles. The van der Waals surface area contributed by atoms with Crippen molar-refractivity contribution in [2.75, 3.05) is 24.7 Å². The molecule has 3 aromatic rings. The van der Waals surface area contributed by atoms with Crippen molar-refractivity contribution in [3.05, 3.63) is 77.2 Å². The van der Waals surface area contributed by atoms with Crippen molar-refractivity contribution in [1.82, 2.24) is 9.97 Å². The van der Waals surface area contributed by atoms with Crippen molar-refractivity contribution in [3.63, 3.8) is 0 Å². The van der Waals surface area contributed by atoms with Gasteiger partial charge in [0.25, 0.3) is 5.91 Å². The molecule has 33 heavy (non-hydrogen) atoms. The minimum absolute atomic E-state index is 0.107. The smallest absolute Gasteiger partial charge is 0.268 e. The van der Waals surface area contributed by atoms with E-state index in [0.29, 0.717) is 17.5 Å². The number of amides is 1. The van der Waals surface area contributed by atoms with E-state index in [4.69, 9.17) is 15.2 Å². The molecule has 0 unspecified atom stereocenters. The highest BCUT2D eigenvalue weighted by Crippen LogP contribution is 2.35. The molecule has 1 amide bonds. The fourth-order valence-corrected chi connectivity index (χ4v) is 4.25. The van der Waals surface area contributed by atoms with Crippen LogP contribution in [0.1, 0.15) is 52.9 Å². The Bertz CT molecular complexity index is 1090. The Hall–Kier alpha value is -3.45. The molecule has 1 aromatic heterocycles. The Morgan fingerprint density at radius 2 is 1.94 bits per heavy atom. The van der Waals surface area contributed by atoms with E-state index >= 15 is 0 Å². The largest absolute Gasteiger partial charge is 0.437 e. The van der Waals surface area contributed by atoms with Crippen LogP contribution in [0.25, 0.3) is 0 Å². The Morgan fingerprint density at radius 3 is 2.61 bits per heavy atom. The summed E-state index contributed by atoms with van der Waals surface area (Å²) < 4.78 is 11.4. The van der Waals surface area contributed by atoms with Gasteiger partial charge in [-0.15, -0.1) is 0 Å². The molecule has 1 fully saturated rings. The van der Waals surface area contributed by atoms with E-state index in [9.17, 15) is 4.79 Å². The fourth-order valence-electron chi connectivity index (χ4n) is 4.25. The lowest BCUT2D eigenvalue weighted by atomic mass is 9.90. The van der Waals surface area contributed by atoms with E-state index in [1.165, 1.54) is 29.2 Å². The summed E-state index contributed by atoms with van der Waals surface area (Å²) >= 11 is 0. The Balaban J connectivity index is 1.49. The zero-order valence-corrected chi connectivity index (χ0v) is 19.2. The molecule has 4 rings (SSSR count). The van der Waals surface area contributed by atoms with E-state index < -0.39 is 5.91 Å². The zero-order chi connectivity index (χ0) is 23.2. The highest BCUT2D eigenvalue weighted by molar-refractivity contribution is 5.90. The van der Waals surface area contributed by atoms with Crippen LogP contribution in [-0.4, -0.2) is 35.6 Å². The summed E-state index contributed by atoms with van der Waals surface area (Å²) in [5.74, 6) is 0.944. The summed E-state index contributed by atoms with van der Waals surface area (Å²) in [6, 6.07) is 14.9. The third-order valence-electron chi connectivity index (χ3n) is 6.03. The summed E-state index contributed by atoms with van der Waals surface area (Å²) in [6.07, 6.45) is 4.86. The minimum atomic E-state index is -0.617. The first-order valence-corrected chi connectivity index (χ1v) is 11.4. The van der Waals surface area contributed by atoms with Gasteiger partial charge in [0.1, 0.15) is 11.4 Å². The zero-order valence-electron chi connectivity index (χ0n) is 19.2. The number of hydrogen-bond acceptors (Lipinski definition) is 6. The number of ether oxygens (including phenoxy) is 2. The molecule has 0 atom stereocenters. The first kappa shape index (κ1) is 22.7. The van der Waals surface area contributed by atoms with Crippen LogP contribution in [0.2, 0.25) is 0 Å². The number of para-hydroxylation sites is 1. The van der Waals surface area contributed by atoms with Crippen LogP contribution in [0, 0.1) is 6.92 Å². The van der Waals surface area contributed by atoms with E-state index in [0.717, 1.165) is 44.7 Å². The van der Waals surface area contributed by atoms with Gasteiger partial charge in [0.05, 0.1) is 12.4 Å². The quantitative estimate of drug-likeness (QED) is 0.544. The van der Waals surface area contributed by atoms with Gasteiger partial charge in [-0.1, -0.05) is 30.3 Å². The number of anilines is 1. The summed E-state index contributed by atoms with van der Waals surface area (Å²) in [5.41, 5.74) is 10.2. The molecule has 2 N–H and O–H groups in total. The van der Waals surface area contributed by atoms with Gasteiger partial charge in [-0.3, -0.25) is 4.79 Å². The number of carbonyl (C=O) groups is 1. The van der Waals surface area contributed by atoms with Gasteiger partial charge >= 0.3 is 0 Å². The second kappa shape index (κ2) is 10.4. The first-order valence-electron chi connectivity index (χ1n) is 11.4. The molecule has 0 aliphatic carbocycles. The van der Waals surface area contributed by atoms with Crippen LogP contribution in [-0.2, 0) is 11.3 Å². The van der Waals surface area contributed by atoms with Crippen LogP contribution < -0.4 is 15.4 Å². The molecule has 7 nitrogen and oxygen atoms in total. The molecule has 0 spiro atoms. The van der Waals surface area contributed by atoms with Crippen molar-refractivity contribution < 1.29 is 14.3 Å². The predicted molar refractivity (Wildman–Crippen MR) is 128 cm³/mol. The average Bonchev–Trinajstić information content (AvgIpc) is 2.85. The summed E-state index contributed by atoms with van der Waals surface area (Å²) in [4.78, 5) is 21.7. The normalized spacial score (nSPS) is 14.1. The topological polar surface area (TPSA) is 90.6 Å². The maximum Gasteiger partial charge on any atom is 0.268 e. The number of primary amides is 1. The van der Waals surface area contributed by atoms with Crippen molar-refractivity contribution in [2.45, 2.75) is 39.2 Å². The van der Waals surface area contributed by atoms with E-state index in [1.54, 1.807) is 0 Å². The van der Waals surface area contributed by atoms with Gasteiger partial charge in [-0.05, 0) is 61.4 Å². The van der Waals surface area contributed by atoms with Gasteiger partial charge in [0, 0.05) is 32.0 Å². The summed E-state index contributed by atoms with van der Waals surface area (Å²) in [7, 11) is 0.